The van der Waals surface area contributed by atoms with E-state index in [2.05, 4.69) is 30.1 Å². The van der Waals surface area contributed by atoms with Gasteiger partial charge in [-0.2, -0.15) is 0 Å². The summed E-state index contributed by atoms with van der Waals surface area (Å²) in [6.45, 7) is 8.49. The van der Waals surface area contributed by atoms with Gasteiger partial charge in [-0.15, -0.1) is 0 Å². The smallest absolute Gasteiger partial charge is 0.0966 e. The average Bonchev–Trinajstić information content (AvgIpc) is 2.00. The normalized spacial score (nSPS) is 11.4. The van der Waals surface area contributed by atoms with Gasteiger partial charge in [-0.3, -0.25) is 0 Å². The second-order valence-corrected chi connectivity index (χ2v) is 2.10. The van der Waals surface area contributed by atoms with Crippen LogP contribution in [-0.2, 0) is 0 Å². The van der Waals surface area contributed by atoms with Crippen LogP contribution in [0.5, 0.6) is 0 Å². The molecular formula is C8H18N2. The van der Waals surface area contributed by atoms with Gasteiger partial charge in [0.25, 0.3) is 0 Å². The summed E-state index contributed by atoms with van der Waals surface area (Å²) in [5.41, 5.74) is 0. The van der Waals surface area contributed by atoms with Crippen molar-refractivity contribution in [1.29, 1.82) is 0 Å². The molecule has 2 heteroatoms. The van der Waals surface area contributed by atoms with Gasteiger partial charge in [0.1, 0.15) is 0 Å². The molecule has 0 rings (SSSR count). The van der Waals surface area contributed by atoms with Gasteiger partial charge in [-0.05, 0) is 26.8 Å². The van der Waals surface area contributed by atoms with Crippen molar-refractivity contribution in [3.8, 4) is 0 Å². The minimum Gasteiger partial charge on any atom is -0.375 e. The molecule has 0 heterocycles. The van der Waals surface area contributed by atoms with Gasteiger partial charge in [-0.25, -0.2) is 0 Å². The first kappa shape index (κ1) is 9.34. The lowest BCUT2D eigenvalue weighted by Gasteiger charge is -2.23. The second-order valence-electron chi connectivity index (χ2n) is 2.10. The van der Waals surface area contributed by atoms with Crippen LogP contribution in [0.15, 0.2) is 11.9 Å². The first-order valence-electron chi connectivity index (χ1n) is 3.89. The summed E-state index contributed by atoms with van der Waals surface area (Å²) >= 11 is 0. The average molecular weight is 142 g/mol. The number of hydrogen-bond donors (Lipinski definition) is 1. The molecule has 0 bridgehead atoms. The Morgan fingerprint density at radius 2 is 1.90 bits per heavy atom. The van der Waals surface area contributed by atoms with Crippen molar-refractivity contribution >= 4 is 0 Å². The van der Waals surface area contributed by atoms with Crippen LogP contribution in [-0.4, -0.2) is 25.0 Å². The zero-order valence-corrected chi connectivity index (χ0v) is 7.44. The molecular weight excluding hydrogens is 124 g/mol. The fourth-order valence-corrected chi connectivity index (χ4v) is 1.05. The maximum atomic E-state index is 3.14. The van der Waals surface area contributed by atoms with Crippen molar-refractivity contribution in [2.45, 2.75) is 20.8 Å². The SMILES string of the molecule is CC=C(NC)N(CC)CC. The van der Waals surface area contributed by atoms with Crippen LogP contribution in [0.2, 0.25) is 0 Å². The van der Waals surface area contributed by atoms with E-state index in [9.17, 15) is 0 Å². The number of allylic oxidation sites excluding steroid dienone is 1. The van der Waals surface area contributed by atoms with Crippen LogP contribution in [0.1, 0.15) is 20.8 Å². The van der Waals surface area contributed by atoms with Crippen LogP contribution >= 0.6 is 0 Å². The van der Waals surface area contributed by atoms with E-state index in [0.717, 1.165) is 13.1 Å². The zero-order valence-electron chi connectivity index (χ0n) is 7.44. The van der Waals surface area contributed by atoms with Gasteiger partial charge in [-0.1, -0.05) is 0 Å². The second kappa shape index (κ2) is 5.15. The molecule has 0 saturated carbocycles. The Hall–Kier alpha value is -0.660. The van der Waals surface area contributed by atoms with Crippen molar-refractivity contribution < 1.29 is 0 Å². The van der Waals surface area contributed by atoms with Gasteiger partial charge >= 0.3 is 0 Å². The number of nitrogens with zero attached hydrogens (tertiary/aromatic N) is 1. The highest BCUT2D eigenvalue weighted by atomic mass is 15.2. The minimum atomic E-state index is 1.07. The first-order chi connectivity index (χ1) is 4.79. The molecule has 0 spiro atoms. The molecule has 0 radical (unpaired) electrons. The molecule has 0 aromatic carbocycles. The van der Waals surface area contributed by atoms with Crippen LogP contribution in [0.3, 0.4) is 0 Å². The van der Waals surface area contributed by atoms with E-state index in [1.165, 1.54) is 5.82 Å². The molecule has 10 heavy (non-hydrogen) atoms. The molecule has 0 saturated heterocycles. The van der Waals surface area contributed by atoms with Crippen molar-refractivity contribution in [3.05, 3.63) is 11.9 Å². The van der Waals surface area contributed by atoms with Crippen molar-refractivity contribution in [2.24, 2.45) is 0 Å². The standard InChI is InChI=1S/C8H18N2/c1-5-8(9-4)10(6-2)7-3/h5,9H,6-7H2,1-4H3. The van der Waals surface area contributed by atoms with E-state index in [0.29, 0.717) is 0 Å². The number of nitrogens with one attached hydrogen (secondary N) is 1. The molecule has 0 aliphatic rings. The first-order valence-corrected chi connectivity index (χ1v) is 3.89. The predicted molar refractivity (Wildman–Crippen MR) is 45.7 cm³/mol. The fraction of sp³-hybridized carbons (Fsp3) is 0.750. The summed E-state index contributed by atoms with van der Waals surface area (Å²) < 4.78 is 0. The summed E-state index contributed by atoms with van der Waals surface area (Å²) in [5, 5.41) is 3.14. The fourth-order valence-electron chi connectivity index (χ4n) is 1.05. The predicted octanol–water partition coefficient (Wildman–Crippen LogP) is 1.41. The molecule has 0 aromatic rings. The van der Waals surface area contributed by atoms with E-state index in [1.807, 2.05) is 14.0 Å². The maximum absolute atomic E-state index is 3.14. The highest BCUT2D eigenvalue weighted by Crippen LogP contribution is 1.97. The van der Waals surface area contributed by atoms with E-state index in [4.69, 9.17) is 0 Å². The molecule has 1 N–H and O–H groups in total. The van der Waals surface area contributed by atoms with Gasteiger partial charge in [0.2, 0.25) is 0 Å². The third-order valence-electron chi connectivity index (χ3n) is 1.63. The highest BCUT2D eigenvalue weighted by molar-refractivity contribution is 4.95. The van der Waals surface area contributed by atoms with E-state index >= 15 is 0 Å². The van der Waals surface area contributed by atoms with Gasteiger partial charge in [0.15, 0.2) is 0 Å². The molecule has 2 nitrogen and oxygen atoms in total. The topological polar surface area (TPSA) is 15.3 Å². The molecule has 0 aliphatic carbocycles. The zero-order chi connectivity index (χ0) is 7.98. The Balaban J connectivity index is 3.97. The van der Waals surface area contributed by atoms with E-state index < -0.39 is 0 Å². The highest BCUT2D eigenvalue weighted by Gasteiger charge is 1.99. The van der Waals surface area contributed by atoms with Crippen molar-refractivity contribution in [3.63, 3.8) is 0 Å². The number of hydrogen-bond acceptors (Lipinski definition) is 2. The summed E-state index contributed by atoms with van der Waals surface area (Å²) in [5.74, 6) is 1.21. The van der Waals surface area contributed by atoms with Crippen molar-refractivity contribution in [1.82, 2.24) is 10.2 Å². The third kappa shape index (κ3) is 2.29. The lowest BCUT2D eigenvalue weighted by Crippen LogP contribution is -2.29. The van der Waals surface area contributed by atoms with Crippen LogP contribution in [0.4, 0.5) is 0 Å². The van der Waals surface area contributed by atoms with Crippen LogP contribution < -0.4 is 5.32 Å². The molecule has 0 aromatic heterocycles. The Bertz CT molecular complexity index is 104. The molecule has 60 valence electrons. The molecule has 0 aliphatic heterocycles. The number of rotatable bonds is 4. The molecule has 0 atom stereocenters. The minimum absolute atomic E-state index is 1.07. The van der Waals surface area contributed by atoms with Gasteiger partial charge < -0.3 is 10.2 Å². The monoisotopic (exact) mass is 142 g/mol. The summed E-state index contributed by atoms with van der Waals surface area (Å²) in [6, 6.07) is 0. The van der Waals surface area contributed by atoms with Crippen LogP contribution in [0, 0.1) is 0 Å². The largest absolute Gasteiger partial charge is 0.375 e. The summed E-state index contributed by atoms with van der Waals surface area (Å²) in [4.78, 5) is 2.28. The summed E-state index contributed by atoms with van der Waals surface area (Å²) in [6.07, 6.45) is 2.09. The van der Waals surface area contributed by atoms with Crippen molar-refractivity contribution in [2.75, 3.05) is 20.1 Å². The maximum Gasteiger partial charge on any atom is 0.0966 e. The van der Waals surface area contributed by atoms with E-state index in [-0.39, 0.29) is 0 Å². The lowest BCUT2D eigenvalue weighted by atomic mass is 10.4. The van der Waals surface area contributed by atoms with E-state index in [1.54, 1.807) is 0 Å². The Morgan fingerprint density at radius 1 is 1.40 bits per heavy atom. The lowest BCUT2D eigenvalue weighted by molar-refractivity contribution is 0.359. The Kier molecular flexibility index (Phi) is 4.81. The Morgan fingerprint density at radius 3 is 2.00 bits per heavy atom. The van der Waals surface area contributed by atoms with Gasteiger partial charge in [0, 0.05) is 20.1 Å². The molecule has 0 fully saturated rings. The van der Waals surface area contributed by atoms with Crippen LogP contribution in [0.25, 0.3) is 0 Å². The third-order valence-corrected chi connectivity index (χ3v) is 1.63. The molecule has 0 unspecified atom stereocenters. The van der Waals surface area contributed by atoms with Gasteiger partial charge in [0.05, 0.1) is 5.82 Å². The molecule has 0 amide bonds. The Labute approximate surface area is 63.9 Å². The quantitative estimate of drug-likeness (QED) is 0.638. The summed E-state index contributed by atoms with van der Waals surface area (Å²) in [7, 11) is 1.95.